The Labute approximate surface area is 233 Å². The van der Waals surface area contributed by atoms with Crippen LogP contribution < -0.4 is 0 Å². The van der Waals surface area contributed by atoms with Crippen molar-refractivity contribution in [2.45, 2.75) is 6.92 Å². The van der Waals surface area contributed by atoms with E-state index in [1.807, 2.05) is 97.9 Å². The van der Waals surface area contributed by atoms with Crippen molar-refractivity contribution in [2.75, 3.05) is 0 Å². The summed E-state index contributed by atoms with van der Waals surface area (Å²) in [6.45, 7) is 1.98. The molecular weight excluding hydrogens is 516 g/mol. The van der Waals surface area contributed by atoms with Gasteiger partial charge in [0.1, 0.15) is 5.69 Å². The molecule has 0 aliphatic heterocycles. The first-order chi connectivity index (χ1) is 20.2. The van der Waals surface area contributed by atoms with Crippen LogP contribution in [0.4, 0.5) is 0 Å². The average Bonchev–Trinajstić information content (AvgIpc) is 3.73. The third-order valence-electron chi connectivity index (χ3n) is 6.26. The summed E-state index contributed by atoms with van der Waals surface area (Å²) in [6.07, 6.45) is 3.47. The van der Waals surface area contributed by atoms with Gasteiger partial charge < -0.3 is 8.83 Å². The standard InChI is InChI=1S/C31H20N8O2/c1-19-16-20(28-36-38-30(40-28)26-12-6-10-24(34-26)22-8-2-4-14-32-22)18-21(17-19)29-37-39-31(41-29)27-13-7-11-25(35-27)23-9-3-5-15-33-23/h2-18H,1H3/p+1. The lowest BCUT2D eigenvalue weighted by Crippen LogP contribution is -1.89. The van der Waals surface area contributed by atoms with E-state index in [0.29, 0.717) is 35.0 Å². The van der Waals surface area contributed by atoms with Gasteiger partial charge in [0.25, 0.3) is 5.89 Å². The van der Waals surface area contributed by atoms with Gasteiger partial charge in [-0.3, -0.25) is 9.97 Å². The molecule has 0 aliphatic carbocycles. The highest BCUT2D eigenvalue weighted by Crippen LogP contribution is 2.30. The number of aromatic nitrogens is 8. The highest BCUT2D eigenvalue weighted by atomic mass is 16.4. The lowest BCUT2D eigenvalue weighted by atomic mass is 10.1. The maximum atomic E-state index is 6.04. The van der Waals surface area contributed by atoms with Crippen LogP contribution >= 0.6 is 0 Å². The molecule has 41 heavy (non-hydrogen) atoms. The van der Waals surface area contributed by atoms with Gasteiger partial charge in [0.05, 0.1) is 28.3 Å². The first-order valence-corrected chi connectivity index (χ1v) is 12.8. The number of aryl methyl sites for hydroxylation is 1. The molecule has 0 amide bonds. The molecule has 0 unspecified atom stereocenters. The average molecular weight is 538 g/mol. The van der Waals surface area contributed by atoms with Crippen molar-refractivity contribution < 1.29 is 8.83 Å². The molecule has 1 N–H and O–H groups in total. The zero-order valence-electron chi connectivity index (χ0n) is 21.7. The number of hydrogen-bond acceptors (Lipinski definition) is 9. The fourth-order valence-electron chi connectivity index (χ4n) is 4.38. The SMILES string of the molecule is Cc1cc(-c2nnc(-c3cccc(-c4ccccn4)n3)o2)cc(-c2nnc(-c3cccc(-c4ccccn4)n3)[oH+]2)c1. The highest BCUT2D eigenvalue weighted by molar-refractivity contribution is 5.68. The van der Waals surface area contributed by atoms with E-state index in [9.17, 15) is 0 Å². The number of benzene rings is 1. The van der Waals surface area contributed by atoms with Crippen LogP contribution in [0.1, 0.15) is 5.56 Å². The fraction of sp³-hybridized carbons (Fsp3) is 0.0323. The van der Waals surface area contributed by atoms with Crippen molar-refractivity contribution in [1.82, 2.24) is 40.3 Å². The summed E-state index contributed by atoms with van der Waals surface area (Å²) in [6, 6.07) is 28.5. The van der Waals surface area contributed by atoms with Gasteiger partial charge >= 0.3 is 11.8 Å². The molecule has 0 atom stereocenters. The van der Waals surface area contributed by atoms with Crippen molar-refractivity contribution in [3.63, 3.8) is 0 Å². The molecule has 7 aromatic rings. The third kappa shape index (κ3) is 4.97. The maximum Gasteiger partial charge on any atom is 0.410 e. The van der Waals surface area contributed by atoms with E-state index in [1.165, 1.54) is 0 Å². The van der Waals surface area contributed by atoms with Crippen molar-refractivity contribution >= 4 is 0 Å². The Morgan fingerprint density at radius 1 is 0.512 bits per heavy atom. The van der Waals surface area contributed by atoms with Gasteiger partial charge in [0.2, 0.25) is 5.89 Å². The van der Waals surface area contributed by atoms with E-state index in [1.54, 1.807) is 12.4 Å². The quantitative estimate of drug-likeness (QED) is 0.220. The van der Waals surface area contributed by atoms with Crippen LogP contribution in [0.15, 0.2) is 112 Å². The molecule has 6 heterocycles. The van der Waals surface area contributed by atoms with Crippen molar-refractivity contribution in [2.24, 2.45) is 0 Å². The molecule has 0 aliphatic rings. The van der Waals surface area contributed by atoms with E-state index in [2.05, 4.69) is 44.7 Å². The van der Waals surface area contributed by atoms with E-state index in [-0.39, 0.29) is 0 Å². The predicted molar refractivity (Wildman–Crippen MR) is 152 cm³/mol. The van der Waals surface area contributed by atoms with Gasteiger partial charge in [-0.25, -0.2) is 9.97 Å². The molecule has 0 bridgehead atoms. The van der Waals surface area contributed by atoms with E-state index >= 15 is 0 Å². The number of pyridine rings is 4. The van der Waals surface area contributed by atoms with Crippen LogP contribution in [0.2, 0.25) is 0 Å². The minimum atomic E-state index is 0.313. The lowest BCUT2D eigenvalue weighted by molar-refractivity contribution is 0.580. The zero-order chi connectivity index (χ0) is 27.6. The highest BCUT2D eigenvalue weighted by Gasteiger charge is 2.21. The Bertz CT molecular complexity index is 1830. The molecule has 0 radical (unpaired) electrons. The zero-order valence-corrected chi connectivity index (χ0v) is 21.7. The smallest absolute Gasteiger partial charge is 0.410 e. The number of nitrogens with zero attached hydrogens (tertiary/aromatic N) is 8. The first kappa shape index (κ1) is 24.2. The maximum absolute atomic E-state index is 6.04. The van der Waals surface area contributed by atoms with Gasteiger partial charge in [-0.05, 0) is 79.2 Å². The second kappa shape index (κ2) is 10.3. The monoisotopic (exact) mass is 537 g/mol. The van der Waals surface area contributed by atoms with E-state index in [0.717, 1.165) is 39.5 Å². The molecule has 10 heteroatoms. The van der Waals surface area contributed by atoms with Crippen LogP contribution in [-0.2, 0) is 0 Å². The molecule has 1 aromatic carbocycles. The van der Waals surface area contributed by atoms with Gasteiger partial charge in [-0.15, -0.1) is 10.2 Å². The summed E-state index contributed by atoms with van der Waals surface area (Å²) in [7, 11) is 0. The molecule has 0 saturated carbocycles. The Hall–Kier alpha value is -5.90. The normalized spacial score (nSPS) is 11.0. The Morgan fingerprint density at radius 3 is 1.80 bits per heavy atom. The van der Waals surface area contributed by atoms with E-state index < -0.39 is 0 Å². The van der Waals surface area contributed by atoms with Gasteiger partial charge in [0, 0.05) is 18.0 Å². The third-order valence-corrected chi connectivity index (χ3v) is 6.26. The molecule has 6 aromatic heterocycles. The van der Waals surface area contributed by atoms with Crippen LogP contribution in [-0.4, -0.2) is 40.3 Å². The van der Waals surface area contributed by atoms with Gasteiger partial charge in [-0.1, -0.05) is 34.5 Å². The predicted octanol–water partition coefficient (Wildman–Crippen LogP) is 6.46. The first-order valence-electron chi connectivity index (χ1n) is 12.8. The minimum absolute atomic E-state index is 0.313. The largest absolute Gasteiger partial charge is 0.513 e. The Balaban J connectivity index is 1.18. The summed E-state index contributed by atoms with van der Waals surface area (Å²) in [5.41, 5.74) is 6.66. The second-order valence-electron chi connectivity index (χ2n) is 9.21. The molecule has 0 fully saturated rings. The lowest BCUT2D eigenvalue weighted by Gasteiger charge is -2.02. The van der Waals surface area contributed by atoms with Gasteiger partial charge in [-0.2, -0.15) is 0 Å². The molecular formula is C31H21N8O2+. The summed E-state index contributed by atoms with van der Waals surface area (Å²) in [5, 5.41) is 17.2. The Kier molecular flexibility index (Phi) is 6.10. The van der Waals surface area contributed by atoms with Crippen molar-refractivity contribution in [1.29, 1.82) is 0 Å². The number of hydrogen-bond donors (Lipinski definition) is 0. The fourth-order valence-corrected chi connectivity index (χ4v) is 4.38. The van der Waals surface area contributed by atoms with Crippen LogP contribution in [0.3, 0.4) is 0 Å². The molecule has 0 spiro atoms. The summed E-state index contributed by atoms with van der Waals surface area (Å²) >= 11 is 0. The summed E-state index contributed by atoms with van der Waals surface area (Å²) in [4.78, 5) is 18.1. The van der Waals surface area contributed by atoms with Crippen LogP contribution in [0.25, 0.3) is 68.9 Å². The van der Waals surface area contributed by atoms with E-state index in [4.69, 9.17) is 4.42 Å². The summed E-state index contributed by atoms with van der Waals surface area (Å²) in [5.74, 6) is 1.58. The minimum Gasteiger partial charge on any atom is -0.513 e. The molecule has 0 saturated heterocycles. The molecule has 196 valence electrons. The second-order valence-corrected chi connectivity index (χ2v) is 9.21. The van der Waals surface area contributed by atoms with Crippen LogP contribution in [0.5, 0.6) is 0 Å². The number of rotatable bonds is 6. The van der Waals surface area contributed by atoms with Crippen molar-refractivity contribution in [3.8, 4) is 68.9 Å². The molecule has 10 nitrogen and oxygen atoms in total. The van der Waals surface area contributed by atoms with Crippen LogP contribution in [0, 0.1) is 6.92 Å². The van der Waals surface area contributed by atoms with Gasteiger partial charge in [0.15, 0.2) is 5.69 Å². The summed E-state index contributed by atoms with van der Waals surface area (Å²) < 4.78 is 10.7. The topological polar surface area (TPSA) is 129 Å². The molecule has 7 rings (SSSR count). The van der Waals surface area contributed by atoms with Crippen molar-refractivity contribution in [3.05, 3.63) is 109 Å². The Morgan fingerprint density at radius 2 is 1.10 bits per heavy atom.